The van der Waals surface area contributed by atoms with Crippen molar-refractivity contribution in [2.75, 3.05) is 26.7 Å². The van der Waals surface area contributed by atoms with E-state index in [4.69, 9.17) is 10.5 Å². The number of nitrogens with two attached hydrogens (primary N) is 1. The molecule has 1 fully saturated rings. The van der Waals surface area contributed by atoms with Crippen molar-refractivity contribution >= 4 is 38.2 Å². The highest BCUT2D eigenvalue weighted by atomic mass is 32.1. The number of likely N-dealkylation sites (tertiary alicyclic amines) is 1. The predicted octanol–water partition coefficient (Wildman–Crippen LogP) is 4.02. The molecule has 7 nitrogen and oxygen atoms in total. The summed E-state index contributed by atoms with van der Waals surface area (Å²) in [5.41, 5.74) is 8.69. The Balaban J connectivity index is 1.21. The van der Waals surface area contributed by atoms with Crippen LogP contribution in [0.3, 0.4) is 0 Å². The van der Waals surface area contributed by atoms with Crippen molar-refractivity contribution in [1.82, 2.24) is 14.8 Å². The van der Waals surface area contributed by atoms with E-state index in [1.54, 1.807) is 11.7 Å². The van der Waals surface area contributed by atoms with Crippen molar-refractivity contribution < 1.29 is 9.53 Å². The summed E-state index contributed by atoms with van der Waals surface area (Å²) < 4.78 is 8.38. The minimum atomic E-state index is -0.589. The van der Waals surface area contributed by atoms with Crippen molar-refractivity contribution in [3.05, 3.63) is 80.5 Å². The van der Waals surface area contributed by atoms with Gasteiger partial charge >= 0.3 is 0 Å². The van der Waals surface area contributed by atoms with Crippen LogP contribution in [0.1, 0.15) is 39.2 Å². The van der Waals surface area contributed by atoms with Gasteiger partial charge in [0.05, 0.1) is 17.7 Å². The van der Waals surface area contributed by atoms with Gasteiger partial charge in [0.15, 0.2) is 0 Å². The number of ether oxygens (including phenoxy) is 1. The SMILES string of the molecule is COCc1ccc2c(C(N)=O)cc(=O)n(CCN3CCC(NCc4sc5ccccc5c4C)CC3)c2c1. The molecule has 37 heavy (non-hydrogen) atoms. The van der Waals surface area contributed by atoms with E-state index in [0.29, 0.717) is 24.6 Å². The Bertz CT molecular complexity index is 1480. The van der Waals surface area contributed by atoms with Gasteiger partial charge in [-0.3, -0.25) is 9.59 Å². The Hall–Kier alpha value is -3.04. The monoisotopic (exact) mass is 518 g/mol. The van der Waals surface area contributed by atoms with Gasteiger partial charge in [-0.25, -0.2) is 0 Å². The Kier molecular flexibility index (Phi) is 7.71. The van der Waals surface area contributed by atoms with Crippen molar-refractivity contribution in [3.8, 4) is 0 Å². The predicted molar refractivity (Wildman–Crippen MR) is 150 cm³/mol. The Morgan fingerprint density at radius 1 is 1.11 bits per heavy atom. The fourth-order valence-corrected chi connectivity index (χ4v) is 6.51. The molecular weight excluding hydrogens is 484 g/mol. The number of aromatic nitrogens is 1. The molecule has 0 aliphatic carbocycles. The van der Waals surface area contributed by atoms with Crippen LogP contribution in [0.5, 0.6) is 0 Å². The smallest absolute Gasteiger partial charge is 0.251 e. The first-order valence-corrected chi connectivity index (χ1v) is 13.6. The normalized spacial score (nSPS) is 15.1. The molecule has 0 bridgehead atoms. The Labute approximate surface area is 220 Å². The number of carbonyl (C=O) groups is 1. The number of methoxy groups -OCH3 is 1. The number of primary amides is 1. The minimum absolute atomic E-state index is 0.203. The first-order valence-electron chi connectivity index (χ1n) is 12.8. The van der Waals surface area contributed by atoms with E-state index in [0.717, 1.165) is 50.1 Å². The number of benzene rings is 2. The molecule has 0 atom stereocenters. The summed E-state index contributed by atoms with van der Waals surface area (Å²) in [6, 6.07) is 16.2. The molecule has 0 radical (unpaired) electrons. The second-order valence-corrected chi connectivity index (χ2v) is 11.0. The summed E-state index contributed by atoms with van der Waals surface area (Å²) in [4.78, 5) is 28.8. The molecule has 0 spiro atoms. The van der Waals surface area contributed by atoms with Gasteiger partial charge in [0.2, 0.25) is 5.91 Å². The number of piperidine rings is 1. The third-order valence-corrected chi connectivity index (χ3v) is 8.75. The van der Waals surface area contributed by atoms with Crippen LogP contribution < -0.4 is 16.6 Å². The van der Waals surface area contributed by atoms with E-state index in [1.165, 1.54) is 26.6 Å². The number of nitrogens with zero attached hydrogens (tertiary/aromatic N) is 2. The van der Waals surface area contributed by atoms with E-state index in [2.05, 4.69) is 41.4 Å². The molecule has 0 unspecified atom stereocenters. The topological polar surface area (TPSA) is 89.6 Å². The van der Waals surface area contributed by atoms with Crippen LogP contribution in [0.15, 0.2) is 53.3 Å². The van der Waals surface area contributed by atoms with Crippen molar-refractivity contribution in [2.24, 2.45) is 5.73 Å². The van der Waals surface area contributed by atoms with Crippen LogP contribution in [0.2, 0.25) is 0 Å². The van der Waals surface area contributed by atoms with Crippen LogP contribution in [0.4, 0.5) is 0 Å². The lowest BCUT2D eigenvalue weighted by molar-refractivity contribution is 0.100. The molecule has 3 N–H and O–H groups in total. The van der Waals surface area contributed by atoms with Crippen molar-refractivity contribution in [3.63, 3.8) is 0 Å². The van der Waals surface area contributed by atoms with Gasteiger partial charge in [-0.1, -0.05) is 30.3 Å². The maximum atomic E-state index is 13.0. The summed E-state index contributed by atoms with van der Waals surface area (Å²) in [6.45, 7) is 6.89. The van der Waals surface area contributed by atoms with Gasteiger partial charge in [0.25, 0.3) is 5.56 Å². The highest BCUT2D eigenvalue weighted by Gasteiger charge is 2.20. The van der Waals surface area contributed by atoms with Crippen LogP contribution in [0, 0.1) is 6.92 Å². The zero-order valence-electron chi connectivity index (χ0n) is 21.5. The largest absolute Gasteiger partial charge is 0.380 e. The minimum Gasteiger partial charge on any atom is -0.380 e. The Morgan fingerprint density at radius 3 is 2.62 bits per heavy atom. The van der Waals surface area contributed by atoms with E-state index >= 15 is 0 Å². The van der Waals surface area contributed by atoms with Gasteiger partial charge in [0.1, 0.15) is 0 Å². The number of hydrogen-bond acceptors (Lipinski definition) is 6. The quantitative estimate of drug-likeness (QED) is 0.349. The molecule has 1 aliphatic heterocycles. The van der Waals surface area contributed by atoms with E-state index in [9.17, 15) is 9.59 Å². The first kappa shape index (κ1) is 25.6. The maximum Gasteiger partial charge on any atom is 0.251 e. The summed E-state index contributed by atoms with van der Waals surface area (Å²) in [6.07, 6.45) is 2.16. The molecule has 1 saturated heterocycles. The summed E-state index contributed by atoms with van der Waals surface area (Å²) in [5, 5.41) is 5.84. The lowest BCUT2D eigenvalue weighted by Crippen LogP contribution is -2.43. The van der Waals surface area contributed by atoms with Gasteiger partial charge in [-0.05, 0) is 61.5 Å². The third kappa shape index (κ3) is 5.48. The molecule has 0 saturated carbocycles. The van der Waals surface area contributed by atoms with Crippen LogP contribution in [0.25, 0.3) is 21.0 Å². The van der Waals surface area contributed by atoms with E-state index in [1.807, 2.05) is 29.5 Å². The molecule has 3 heterocycles. The number of aryl methyl sites for hydroxylation is 1. The zero-order valence-corrected chi connectivity index (χ0v) is 22.3. The second-order valence-electron chi connectivity index (χ2n) is 9.84. The van der Waals surface area contributed by atoms with Crippen molar-refractivity contribution in [1.29, 1.82) is 0 Å². The number of pyridine rings is 1. The van der Waals surface area contributed by atoms with Gasteiger partial charge < -0.3 is 25.3 Å². The van der Waals surface area contributed by atoms with E-state index < -0.39 is 5.91 Å². The van der Waals surface area contributed by atoms with Crippen LogP contribution >= 0.6 is 11.3 Å². The van der Waals surface area contributed by atoms with Crippen LogP contribution in [-0.2, 0) is 24.4 Å². The lowest BCUT2D eigenvalue weighted by atomic mass is 10.0. The fourth-order valence-electron chi connectivity index (χ4n) is 5.35. The number of amides is 1. The number of nitrogens with one attached hydrogen (secondary N) is 1. The van der Waals surface area contributed by atoms with E-state index in [-0.39, 0.29) is 11.1 Å². The number of carbonyl (C=O) groups excluding carboxylic acids is 1. The fraction of sp³-hybridized carbons (Fsp3) is 0.379. The molecule has 2 aromatic heterocycles. The van der Waals surface area contributed by atoms with Crippen LogP contribution in [-0.4, -0.2) is 48.2 Å². The maximum absolute atomic E-state index is 13.0. The number of rotatable bonds is 9. The average molecular weight is 519 g/mol. The molecule has 1 aliphatic rings. The number of fused-ring (bicyclic) bond motifs is 2. The zero-order chi connectivity index (χ0) is 25.9. The van der Waals surface area contributed by atoms with Gasteiger partial charge in [-0.15, -0.1) is 11.3 Å². The molecule has 2 aromatic carbocycles. The molecule has 1 amide bonds. The third-order valence-electron chi connectivity index (χ3n) is 7.47. The molecular formula is C29H34N4O3S. The molecule has 194 valence electrons. The summed E-state index contributed by atoms with van der Waals surface area (Å²) in [7, 11) is 1.64. The number of thiophene rings is 1. The molecule has 8 heteroatoms. The second kappa shape index (κ2) is 11.1. The van der Waals surface area contributed by atoms with Crippen molar-refractivity contribution in [2.45, 2.75) is 45.5 Å². The lowest BCUT2D eigenvalue weighted by Gasteiger charge is -2.32. The van der Waals surface area contributed by atoms with Gasteiger partial charge in [-0.2, -0.15) is 0 Å². The van der Waals surface area contributed by atoms with Gasteiger partial charge in [0, 0.05) is 53.8 Å². The highest BCUT2D eigenvalue weighted by Crippen LogP contribution is 2.30. The number of hydrogen-bond donors (Lipinski definition) is 2. The summed E-state index contributed by atoms with van der Waals surface area (Å²) in [5.74, 6) is -0.589. The first-order chi connectivity index (χ1) is 17.9. The standard InChI is InChI=1S/C29H34N4O3S/c1-19-22-5-3-4-6-26(22)37-27(19)17-31-21-9-11-32(12-10-21)13-14-33-25-15-20(18-36-2)7-8-23(25)24(29(30)35)16-28(33)34/h3-8,15-16,21,31H,9-14,17-18H2,1-2H3,(H2,30,35). The molecule has 5 rings (SSSR count). The molecule has 4 aromatic rings. The summed E-state index contributed by atoms with van der Waals surface area (Å²) >= 11 is 1.89. The highest BCUT2D eigenvalue weighted by molar-refractivity contribution is 7.19. The Morgan fingerprint density at radius 2 is 1.89 bits per heavy atom. The average Bonchev–Trinajstić information content (AvgIpc) is 3.22.